The van der Waals surface area contributed by atoms with Crippen molar-refractivity contribution in [2.75, 3.05) is 13.7 Å². The zero-order valence-electron chi connectivity index (χ0n) is 11.3. The maximum atomic E-state index is 12.0. The zero-order chi connectivity index (χ0) is 14.5. The minimum Gasteiger partial charge on any atom is -0.383 e. The summed E-state index contributed by atoms with van der Waals surface area (Å²) >= 11 is 0. The van der Waals surface area contributed by atoms with E-state index >= 15 is 0 Å². The number of nitriles is 1. The molecule has 19 heavy (non-hydrogen) atoms. The molecule has 5 nitrogen and oxygen atoms in total. The van der Waals surface area contributed by atoms with Crippen LogP contribution in [0.5, 0.6) is 0 Å². The number of hydrogen-bond acceptors (Lipinski definition) is 4. The van der Waals surface area contributed by atoms with E-state index in [0.717, 1.165) is 0 Å². The second kappa shape index (κ2) is 6.15. The molecule has 0 atom stereocenters. The van der Waals surface area contributed by atoms with E-state index in [2.05, 4.69) is 4.72 Å². The molecule has 1 rings (SSSR count). The van der Waals surface area contributed by atoms with Crippen LogP contribution in [0, 0.1) is 11.3 Å². The van der Waals surface area contributed by atoms with Gasteiger partial charge in [-0.2, -0.15) is 5.26 Å². The van der Waals surface area contributed by atoms with Crippen molar-refractivity contribution in [3.8, 4) is 6.07 Å². The number of nitrogens with zero attached hydrogens (tertiary/aromatic N) is 1. The Labute approximate surface area is 114 Å². The molecule has 0 unspecified atom stereocenters. The van der Waals surface area contributed by atoms with Gasteiger partial charge in [0.15, 0.2) is 0 Å². The van der Waals surface area contributed by atoms with Crippen LogP contribution in [0.3, 0.4) is 0 Å². The maximum absolute atomic E-state index is 12.0. The van der Waals surface area contributed by atoms with Gasteiger partial charge in [0.1, 0.15) is 0 Å². The van der Waals surface area contributed by atoms with Gasteiger partial charge in [0.2, 0.25) is 10.0 Å². The minimum absolute atomic E-state index is 0.119. The van der Waals surface area contributed by atoms with Crippen molar-refractivity contribution in [2.45, 2.75) is 25.1 Å². The summed E-state index contributed by atoms with van der Waals surface area (Å²) < 4.78 is 31.6. The van der Waals surface area contributed by atoms with E-state index in [-0.39, 0.29) is 5.75 Å². The Balaban J connectivity index is 2.77. The first-order chi connectivity index (χ1) is 8.78. The molecule has 0 bridgehead atoms. The summed E-state index contributed by atoms with van der Waals surface area (Å²) in [6, 6.07) is 8.48. The summed E-state index contributed by atoms with van der Waals surface area (Å²) in [6.45, 7) is 3.80. The highest BCUT2D eigenvalue weighted by Crippen LogP contribution is 2.11. The third-order valence-electron chi connectivity index (χ3n) is 2.38. The van der Waals surface area contributed by atoms with Gasteiger partial charge in [0.25, 0.3) is 0 Å². The highest BCUT2D eigenvalue weighted by Gasteiger charge is 2.24. The van der Waals surface area contributed by atoms with Crippen LogP contribution in [0.4, 0.5) is 0 Å². The summed E-state index contributed by atoms with van der Waals surface area (Å²) in [5.74, 6) is -0.119. The topological polar surface area (TPSA) is 79.2 Å². The summed E-state index contributed by atoms with van der Waals surface area (Å²) in [5.41, 5.74) is 0.494. The number of rotatable bonds is 6. The van der Waals surface area contributed by atoms with Crippen molar-refractivity contribution in [1.82, 2.24) is 4.72 Å². The van der Waals surface area contributed by atoms with E-state index in [1.807, 2.05) is 6.07 Å². The molecular formula is C13H18N2O3S. The summed E-state index contributed by atoms with van der Waals surface area (Å²) in [4.78, 5) is 0. The normalized spacial score (nSPS) is 12.1. The summed E-state index contributed by atoms with van der Waals surface area (Å²) in [6.07, 6.45) is 0. The first-order valence-electron chi connectivity index (χ1n) is 5.78. The van der Waals surface area contributed by atoms with Gasteiger partial charge < -0.3 is 4.74 Å². The first-order valence-corrected chi connectivity index (χ1v) is 7.43. The molecule has 6 heteroatoms. The van der Waals surface area contributed by atoms with Crippen LogP contribution < -0.4 is 4.72 Å². The average Bonchev–Trinajstić information content (AvgIpc) is 2.27. The number of ether oxygens (including phenoxy) is 1. The van der Waals surface area contributed by atoms with Gasteiger partial charge >= 0.3 is 0 Å². The highest BCUT2D eigenvalue weighted by atomic mass is 32.2. The van der Waals surface area contributed by atoms with Gasteiger partial charge in [-0.3, -0.25) is 0 Å². The van der Waals surface area contributed by atoms with E-state index in [4.69, 9.17) is 10.00 Å². The van der Waals surface area contributed by atoms with Crippen molar-refractivity contribution in [3.63, 3.8) is 0 Å². The molecule has 1 N–H and O–H groups in total. The van der Waals surface area contributed by atoms with E-state index in [1.165, 1.54) is 7.11 Å². The molecule has 104 valence electrons. The molecule has 0 spiro atoms. The molecule has 0 aromatic heterocycles. The van der Waals surface area contributed by atoms with Gasteiger partial charge in [-0.1, -0.05) is 12.1 Å². The van der Waals surface area contributed by atoms with E-state index in [9.17, 15) is 8.42 Å². The quantitative estimate of drug-likeness (QED) is 0.855. The third-order valence-corrected chi connectivity index (χ3v) is 3.95. The lowest BCUT2D eigenvalue weighted by Crippen LogP contribution is -2.47. The lowest BCUT2D eigenvalue weighted by atomic mass is 10.1. The van der Waals surface area contributed by atoms with Crippen LogP contribution in [-0.4, -0.2) is 27.7 Å². The molecule has 0 aliphatic heterocycles. The molecule has 0 fully saturated rings. The molecule has 0 saturated carbocycles. The van der Waals surface area contributed by atoms with Crippen LogP contribution in [-0.2, 0) is 20.5 Å². The molecule has 1 aromatic carbocycles. The van der Waals surface area contributed by atoms with Gasteiger partial charge in [-0.05, 0) is 31.5 Å². The van der Waals surface area contributed by atoms with Gasteiger partial charge in [-0.15, -0.1) is 0 Å². The fourth-order valence-corrected chi connectivity index (χ4v) is 3.35. The monoisotopic (exact) mass is 282 g/mol. The van der Waals surface area contributed by atoms with Gasteiger partial charge in [-0.25, -0.2) is 13.1 Å². The second-order valence-corrected chi connectivity index (χ2v) is 6.71. The van der Waals surface area contributed by atoms with E-state index in [0.29, 0.717) is 17.7 Å². The molecule has 0 saturated heterocycles. The summed E-state index contributed by atoms with van der Waals surface area (Å²) in [7, 11) is -1.92. The van der Waals surface area contributed by atoms with Crippen molar-refractivity contribution < 1.29 is 13.2 Å². The molecule has 1 aromatic rings. The molecule has 0 amide bonds. The van der Waals surface area contributed by atoms with Crippen molar-refractivity contribution in [2.24, 2.45) is 0 Å². The Bertz CT molecular complexity index is 557. The van der Waals surface area contributed by atoms with Crippen LogP contribution in [0.2, 0.25) is 0 Å². The van der Waals surface area contributed by atoms with E-state index < -0.39 is 15.6 Å². The number of hydrogen-bond donors (Lipinski definition) is 1. The minimum atomic E-state index is -3.45. The standard InChI is InChI=1S/C13H18N2O3S/c1-13(2,10-18-3)15-19(16,17)9-12-6-4-11(8-14)5-7-12/h4-7,15H,9-10H2,1-3H3. The average molecular weight is 282 g/mol. The molecular weight excluding hydrogens is 264 g/mol. The number of nitrogens with one attached hydrogen (secondary N) is 1. The Morgan fingerprint density at radius 3 is 2.37 bits per heavy atom. The van der Waals surface area contributed by atoms with Crippen LogP contribution in [0.25, 0.3) is 0 Å². The fraction of sp³-hybridized carbons (Fsp3) is 0.462. The molecule has 0 heterocycles. The van der Waals surface area contributed by atoms with Crippen molar-refractivity contribution in [1.29, 1.82) is 5.26 Å². The molecule has 0 radical (unpaired) electrons. The largest absolute Gasteiger partial charge is 0.383 e. The van der Waals surface area contributed by atoms with Crippen LogP contribution in [0.15, 0.2) is 24.3 Å². The third kappa shape index (κ3) is 5.39. The van der Waals surface area contributed by atoms with Crippen molar-refractivity contribution in [3.05, 3.63) is 35.4 Å². The smallest absolute Gasteiger partial charge is 0.216 e. The number of sulfonamides is 1. The van der Waals surface area contributed by atoms with Crippen LogP contribution in [0.1, 0.15) is 25.0 Å². The van der Waals surface area contributed by atoms with Crippen LogP contribution >= 0.6 is 0 Å². The predicted molar refractivity (Wildman–Crippen MR) is 72.9 cm³/mol. The second-order valence-electron chi connectivity index (χ2n) is 4.99. The van der Waals surface area contributed by atoms with Gasteiger partial charge in [0.05, 0.1) is 29.5 Å². The maximum Gasteiger partial charge on any atom is 0.216 e. The number of benzene rings is 1. The lowest BCUT2D eigenvalue weighted by Gasteiger charge is -2.24. The van der Waals surface area contributed by atoms with Crippen molar-refractivity contribution >= 4 is 10.0 Å². The lowest BCUT2D eigenvalue weighted by molar-refractivity contribution is 0.141. The SMILES string of the molecule is COCC(C)(C)NS(=O)(=O)Cc1ccc(C#N)cc1. The Hall–Kier alpha value is -1.42. The predicted octanol–water partition coefficient (Wildman–Crippen LogP) is 1.40. The molecule has 0 aliphatic carbocycles. The Morgan fingerprint density at radius 2 is 1.89 bits per heavy atom. The molecule has 0 aliphatic rings. The van der Waals surface area contributed by atoms with E-state index in [1.54, 1.807) is 38.1 Å². The first kappa shape index (κ1) is 15.6. The highest BCUT2D eigenvalue weighted by molar-refractivity contribution is 7.88. The summed E-state index contributed by atoms with van der Waals surface area (Å²) in [5, 5.41) is 8.68. The van der Waals surface area contributed by atoms with Gasteiger partial charge in [0, 0.05) is 7.11 Å². The number of methoxy groups -OCH3 is 1. The fourth-order valence-electron chi connectivity index (χ4n) is 1.74. The zero-order valence-corrected chi connectivity index (χ0v) is 12.1. The Morgan fingerprint density at radius 1 is 1.32 bits per heavy atom. The Kier molecular flexibility index (Phi) is 5.06.